The average molecular weight is 368 g/mol. The van der Waals surface area contributed by atoms with E-state index in [2.05, 4.69) is 5.10 Å². The van der Waals surface area contributed by atoms with Gasteiger partial charge in [0.1, 0.15) is 11.6 Å². The monoisotopic (exact) mass is 367 g/mol. The van der Waals surface area contributed by atoms with Crippen molar-refractivity contribution in [1.82, 2.24) is 9.78 Å². The number of rotatable bonds is 4. The Morgan fingerprint density at radius 3 is 2.40 bits per heavy atom. The van der Waals surface area contributed by atoms with Crippen molar-refractivity contribution in [2.24, 2.45) is 0 Å². The van der Waals surface area contributed by atoms with Crippen molar-refractivity contribution in [3.8, 4) is 11.8 Å². The number of benzene rings is 2. The minimum atomic E-state index is -0.523. The third-order valence-corrected chi connectivity index (χ3v) is 4.12. The van der Waals surface area contributed by atoms with Crippen molar-refractivity contribution >= 4 is 35.1 Å². The molecule has 0 radical (unpaired) electrons. The molecular formula is C19H11Cl2N3O. The molecule has 6 heteroatoms. The molecule has 3 aromatic rings. The van der Waals surface area contributed by atoms with Crippen molar-refractivity contribution in [2.75, 3.05) is 0 Å². The molecule has 0 aliphatic rings. The summed E-state index contributed by atoms with van der Waals surface area (Å²) in [6.45, 7) is 0. The highest BCUT2D eigenvalue weighted by molar-refractivity contribution is 6.41. The number of Topliss-reactive ketones (excluding diaryl/α,β-unsaturated/α-hetero) is 1. The van der Waals surface area contributed by atoms with Gasteiger partial charge in [-0.3, -0.25) is 4.79 Å². The van der Waals surface area contributed by atoms with E-state index >= 15 is 0 Å². The summed E-state index contributed by atoms with van der Waals surface area (Å²) < 4.78 is 1.66. The largest absolute Gasteiger partial charge is 0.288 e. The fourth-order valence-electron chi connectivity index (χ4n) is 2.30. The number of hydrogen-bond acceptors (Lipinski definition) is 3. The van der Waals surface area contributed by atoms with Gasteiger partial charge in [0.25, 0.3) is 0 Å². The first-order valence-corrected chi connectivity index (χ1v) is 8.06. The molecule has 1 aromatic heterocycles. The minimum absolute atomic E-state index is 0.0670. The molecule has 2 aromatic carbocycles. The molecule has 0 amide bonds. The maximum atomic E-state index is 12.6. The summed E-state index contributed by atoms with van der Waals surface area (Å²) in [5.41, 5.74) is 1.55. The second-order valence-electron chi connectivity index (χ2n) is 5.15. The normalized spacial score (nSPS) is 11.2. The van der Waals surface area contributed by atoms with Crippen molar-refractivity contribution in [2.45, 2.75) is 0 Å². The van der Waals surface area contributed by atoms with Gasteiger partial charge in [-0.25, -0.2) is 4.68 Å². The van der Waals surface area contributed by atoms with Gasteiger partial charge in [-0.15, -0.1) is 0 Å². The molecule has 3 rings (SSSR count). The van der Waals surface area contributed by atoms with Crippen LogP contribution in [-0.4, -0.2) is 15.6 Å². The second kappa shape index (κ2) is 7.35. The summed E-state index contributed by atoms with van der Waals surface area (Å²) in [4.78, 5) is 12.6. The van der Waals surface area contributed by atoms with E-state index in [9.17, 15) is 10.1 Å². The van der Waals surface area contributed by atoms with Crippen LogP contribution in [-0.2, 0) is 0 Å². The van der Waals surface area contributed by atoms with Gasteiger partial charge in [0.15, 0.2) is 0 Å². The van der Waals surface area contributed by atoms with Gasteiger partial charge < -0.3 is 0 Å². The Hall–Kier alpha value is -2.87. The zero-order valence-corrected chi connectivity index (χ0v) is 14.4. The summed E-state index contributed by atoms with van der Waals surface area (Å²) in [5, 5.41) is 14.0. The van der Waals surface area contributed by atoms with E-state index in [1.54, 1.807) is 35.3 Å². The number of para-hydroxylation sites is 1. The van der Waals surface area contributed by atoms with Gasteiger partial charge >= 0.3 is 0 Å². The van der Waals surface area contributed by atoms with Crippen LogP contribution in [0.4, 0.5) is 0 Å². The maximum Gasteiger partial charge on any atom is 0.206 e. The van der Waals surface area contributed by atoms with E-state index in [1.807, 2.05) is 36.4 Å². The lowest BCUT2D eigenvalue weighted by molar-refractivity contribution is 0.104. The van der Waals surface area contributed by atoms with E-state index in [1.165, 1.54) is 6.08 Å². The number of allylic oxidation sites excluding steroid dienone is 1. The van der Waals surface area contributed by atoms with E-state index < -0.39 is 5.78 Å². The van der Waals surface area contributed by atoms with Crippen LogP contribution in [0, 0.1) is 11.3 Å². The fourth-order valence-corrected chi connectivity index (χ4v) is 2.87. The Balaban J connectivity index is 1.95. The summed E-state index contributed by atoms with van der Waals surface area (Å²) in [5.74, 6) is -0.523. The lowest BCUT2D eigenvalue weighted by Crippen LogP contribution is -2.03. The molecule has 0 bridgehead atoms. The van der Waals surface area contributed by atoms with Crippen molar-refractivity contribution in [1.29, 1.82) is 5.26 Å². The van der Waals surface area contributed by atoms with E-state index in [-0.39, 0.29) is 21.2 Å². The predicted molar refractivity (Wildman–Crippen MR) is 97.9 cm³/mol. The van der Waals surface area contributed by atoms with Crippen molar-refractivity contribution < 1.29 is 4.79 Å². The van der Waals surface area contributed by atoms with Crippen LogP contribution in [0.1, 0.15) is 15.9 Å². The molecule has 0 spiro atoms. The molecule has 25 heavy (non-hydrogen) atoms. The summed E-state index contributed by atoms with van der Waals surface area (Å²) in [6, 6.07) is 16.2. The number of hydrogen-bond donors (Lipinski definition) is 0. The third kappa shape index (κ3) is 3.63. The lowest BCUT2D eigenvalue weighted by atomic mass is 10.0. The highest BCUT2D eigenvalue weighted by Crippen LogP contribution is 2.27. The molecule has 122 valence electrons. The third-order valence-electron chi connectivity index (χ3n) is 3.49. The molecule has 0 saturated heterocycles. The van der Waals surface area contributed by atoms with Gasteiger partial charge in [-0.2, -0.15) is 10.4 Å². The highest BCUT2D eigenvalue weighted by atomic mass is 35.5. The van der Waals surface area contributed by atoms with Gasteiger partial charge in [-0.05, 0) is 30.3 Å². The van der Waals surface area contributed by atoms with E-state index in [0.29, 0.717) is 5.56 Å². The smallest absolute Gasteiger partial charge is 0.206 e. The molecule has 0 unspecified atom stereocenters. The number of ketones is 1. The highest BCUT2D eigenvalue weighted by Gasteiger charge is 2.19. The molecular weight excluding hydrogens is 357 g/mol. The molecule has 0 aliphatic carbocycles. The Morgan fingerprint density at radius 2 is 1.76 bits per heavy atom. The lowest BCUT2D eigenvalue weighted by Gasteiger charge is -2.04. The average Bonchev–Trinajstić information content (AvgIpc) is 3.09. The molecule has 0 atom stereocenters. The Labute approximate surface area is 154 Å². The number of nitriles is 1. The summed E-state index contributed by atoms with van der Waals surface area (Å²) in [7, 11) is 0. The standard InChI is InChI=1S/C19H11Cl2N3O/c20-16-7-4-8-17(21)18(16)19(25)14(10-22)9-13-11-23-24(12-13)15-5-2-1-3-6-15/h1-9,11-12H/b14-9+. The summed E-state index contributed by atoms with van der Waals surface area (Å²) >= 11 is 12.1. The first kappa shape index (κ1) is 17.0. The number of aromatic nitrogens is 2. The molecule has 1 heterocycles. The van der Waals surface area contributed by atoms with Crippen molar-refractivity contribution in [3.63, 3.8) is 0 Å². The number of nitrogens with zero attached hydrogens (tertiary/aromatic N) is 3. The van der Waals surface area contributed by atoms with Crippen LogP contribution in [0.2, 0.25) is 10.0 Å². The molecule has 4 nitrogen and oxygen atoms in total. The number of carbonyl (C=O) groups excluding carboxylic acids is 1. The Morgan fingerprint density at radius 1 is 1.08 bits per heavy atom. The second-order valence-corrected chi connectivity index (χ2v) is 5.96. The van der Waals surface area contributed by atoms with Gasteiger partial charge in [-0.1, -0.05) is 47.5 Å². The number of halogens is 2. The molecule has 0 aliphatic heterocycles. The number of carbonyl (C=O) groups is 1. The van der Waals surface area contributed by atoms with Crippen LogP contribution in [0.3, 0.4) is 0 Å². The first-order chi connectivity index (χ1) is 12.1. The zero-order chi connectivity index (χ0) is 17.8. The van der Waals surface area contributed by atoms with Crippen molar-refractivity contribution in [3.05, 3.63) is 87.7 Å². The molecule has 0 N–H and O–H groups in total. The van der Waals surface area contributed by atoms with Crippen LogP contribution in [0.25, 0.3) is 11.8 Å². The maximum absolute atomic E-state index is 12.6. The zero-order valence-electron chi connectivity index (χ0n) is 12.9. The fraction of sp³-hybridized carbons (Fsp3) is 0. The van der Waals surface area contributed by atoms with Crippen LogP contribution < -0.4 is 0 Å². The first-order valence-electron chi connectivity index (χ1n) is 7.31. The minimum Gasteiger partial charge on any atom is -0.288 e. The molecule has 0 saturated carbocycles. The van der Waals surface area contributed by atoms with Crippen LogP contribution >= 0.6 is 23.2 Å². The van der Waals surface area contributed by atoms with Crippen LogP contribution in [0.5, 0.6) is 0 Å². The van der Waals surface area contributed by atoms with E-state index in [4.69, 9.17) is 23.2 Å². The quantitative estimate of drug-likeness (QED) is 0.371. The SMILES string of the molecule is N#C/C(=C\c1cnn(-c2ccccc2)c1)C(=O)c1c(Cl)cccc1Cl. The predicted octanol–water partition coefficient (Wildman–Crippen LogP) is 4.97. The molecule has 0 fully saturated rings. The topological polar surface area (TPSA) is 58.7 Å². The van der Waals surface area contributed by atoms with Gasteiger partial charge in [0, 0.05) is 11.8 Å². The van der Waals surface area contributed by atoms with Gasteiger partial charge in [0.05, 0.1) is 27.5 Å². The van der Waals surface area contributed by atoms with E-state index in [0.717, 1.165) is 5.69 Å². The van der Waals surface area contributed by atoms with Crippen LogP contribution in [0.15, 0.2) is 66.5 Å². The summed E-state index contributed by atoms with van der Waals surface area (Å²) in [6.07, 6.45) is 4.77. The van der Waals surface area contributed by atoms with Gasteiger partial charge in [0.2, 0.25) is 5.78 Å². The Bertz CT molecular complexity index is 981. The Kier molecular flexibility index (Phi) is 4.99.